The highest BCUT2D eigenvalue weighted by Gasteiger charge is 2.36. The van der Waals surface area contributed by atoms with Gasteiger partial charge in [0.25, 0.3) is 0 Å². The van der Waals surface area contributed by atoms with Gasteiger partial charge < -0.3 is 5.32 Å². The Balaban J connectivity index is 2.73. The van der Waals surface area contributed by atoms with Crippen LogP contribution < -0.4 is 5.32 Å². The third kappa shape index (κ3) is 3.18. The van der Waals surface area contributed by atoms with Crippen LogP contribution in [-0.4, -0.2) is 35.6 Å². The molecule has 0 aromatic carbocycles. The topological polar surface area (TPSA) is 15.3 Å². The maximum atomic E-state index is 3.67. The Morgan fingerprint density at radius 3 is 2.00 bits per heavy atom. The zero-order valence-corrected chi connectivity index (χ0v) is 11.5. The lowest BCUT2D eigenvalue weighted by molar-refractivity contribution is 0.0246. The number of hydrogen-bond acceptors (Lipinski definition) is 2. The number of rotatable bonds is 0. The molecule has 15 heavy (non-hydrogen) atoms. The summed E-state index contributed by atoms with van der Waals surface area (Å²) in [6.45, 7) is 18.5. The van der Waals surface area contributed by atoms with Gasteiger partial charge in [-0.2, -0.15) is 0 Å². The molecular weight excluding hydrogens is 184 g/mol. The third-order valence-electron chi connectivity index (χ3n) is 3.48. The van der Waals surface area contributed by atoms with Crippen LogP contribution in [-0.2, 0) is 0 Å². The molecule has 0 saturated carbocycles. The average Bonchev–Trinajstić information content (AvgIpc) is 2.00. The van der Waals surface area contributed by atoms with Crippen molar-refractivity contribution in [3.63, 3.8) is 0 Å². The summed E-state index contributed by atoms with van der Waals surface area (Å²) in [6, 6.07) is 1.25. The lowest BCUT2D eigenvalue weighted by Gasteiger charge is -2.49. The third-order valence-corrected chi connectivity index (χ3v) is 3.48. The molecule has 1 saturated heterocycles. The first kappa shape index (κ1) is 13.0. The summed E-state index contributed by atoms with van der Waals surface area (Å²) >= 11 is 0. The Morgan fingerprint density at radius 2 is 1.60 bits per heavy atom. The molecule has 0 aromatic heterocycles. The standard InChI is InChI=1S/C13H28N2/c1-10-8-14-11(12(2,3)4)9-15(10)13(5,6)7/h10-11,14H,8-9H2,1-7H3. The molecule has 1 rings (SSSR count). The van der Waals surface area contributed by atoms with Crippen molar-refractivity contribution in [2.75, 3.05) is 13.1 Å². The summed E-state index contributed by atoms with van der Waals surface area (Å²) in [4.78, 5) is 2.62. The first-order chi connectivity index (χ1) is 6.62. The van der Waals surface area contributed by atoms with E-state index in [4.69, 9.17) is 0 Å². The van der Waals surface area contributed by atoms with Gasteiger partial charge >= 0.3 is 0 Å². The van der Waals surface area contributed by atoms with Gasteiger partial charge in [-0.25, -0.2) is 0 Å². The van der Waals surface area contributed by atoms with Gasteiger partial charge in [-0.05, 0) is 33.1 Å². The minimum atomic E-state index is 0.283. The minimum absolute atomic E-state index is 0.283. The molecule has 0 amide bonds. The quantitative estimate of drug-likeness (QED) is 0.664. The van der Waals surface area contributed by atoms with E-state index in [0.29, 0.717) is 17.5 Å². The highest BCUT2D eigenvalue weighted by molar-refractivity contribution is 4.94. The molecular formula is C13H28N2. The summed E-state index contributed by atoms with van der Waals surface area (Å²) < 4.78 is 0. The molecule has 0 aromatic rings. The van der Waals surface area contributed by atoms with E-state index in [9.17, 15) is 0 Å². The molecule has 0 bridgehead atoms. The lowest BCUT2D eigenvalue weighted by atomic mass is 9.83. The second-order valence-corrected chi connectivity index (χ2v) is 7.00. The number of nitrogens with one attached hydrogen (secondary N) is 1. The Kier molecular flexibility index (Phi) is 3.52. The Hall–Kier alpha value is -0.0800. The molecule has 0 aliphatic carbocycles. The summed E-state index contributed by atoms with van der Waals surface area (Å²) in [5.74, 6) is 0. The molecule has 1 aliphatic heterocycles. The van der Waals surface area contributed by atoms with Crippen molar-refractivity contribution in [3.05, 3.63) is 0 Å². The number of nitrogens with zero attached hydrogens (tertiary/aromatic N) is 1. The zero-order chi connectivity index (χ0) is 11.9. The van der Waals surface area contributed by atoms with Crippen molar-refractivity contribution >= 4 is 0 Å². The molecule has 1 N–H and O–H groups in total. The Bertz CT molecular complexity index is 210. The molecule has 2 heteroatoms. The molecule has 2 nitrogen and oxygen atoms in total. The maximum Gasteiger partial charge on any atom is 0.0244 e. The van der Waals surface area contributed by atoms with Crippen LogP contribution in [0.15, 0.2) is 0 Å². The summed E-state index contributed by atoms with van der Waals surface area (Å²) in [7, 11) is 0. The monoisotopic (exact) mass is 212 g/mol. The maximum absolute atomic E-state index is 3.67. The largest absolute Gasteiger partial charge is 0.311 e. The summed E-state index contributed by atoms with van der Waals surface area (Å²) in [6.07, 6.45) is 0. The van der Waals surface area contributed by atoms with Gasteiger partial charge in [0.05, 0.1) is 0 Å². The van der Waals surface area contributed by atoms with E-state index in [2.05, 4.69) is 58.7 Å². The highest BCUT2D eigenvalue weighted by atomic mass is 15.3. The smallest absolute Gasteiger partial charge is 0.0244 e. The van der Waals surface area contributed by atoms with Gasteiger partial charge in [-0.15, -0.1) is 0 Å². The van der Waals surface area contributed by atoms with Crippen molar-refractivity contribution < 1.29 is 0 Å². The predicted octanol–water partition coefficient (Wildman–Crippen LogP) is 2.49. The SMILES string of the molecule is CC1CNC(C(C)(C)C)CN1C(C)(C)C. The molecule has 1 fully saturated rings. The van der Waals surface area contributed by atoms with Gasteiger partial charge in [-0.3, -0.25) is 4.90 Å². The zero-order valence-electron chi connectivity index (χ0n) is 11.5. The van der Waals surface area contributed by atoms with E-state index in [1.165, 1.54) is 0 Å². The summed E-state index contributed by atoms with van der Waals surface area (Å²) in [5, 5.41) is 3.67. The van der Waals surface area contributed by atoms with E-state index in [-0.39, 0.29) is 5.54 Å². The van der Waals surface area contributed by atoms with Crippen LogP contribution in [0.5, 0.6) is 0 Å². The lowest BCUT2D eigenvalue weighted by Crippen LogP contribution is -2.63. The van der Waals surface area contributed by atoms with Crippen LogP contribution in [0, 0.1) is 5.41 Å². The first-order valence-electron chi connectivity index (χ1n) is 6.12. The van der Waals surface area contributed by atoms with Gasteiger partial charge in [-0.1, -0.05) is 20.8 Å². The van der Waals surface area contributed by atoms with E-state index in [1.54, 1.807) is 0 Å². The van der Waals surface area contributed by atoms with E-state index in [0.717, 1.165) is 13.1 Å². The van der Waals surface area contributed by atoms with E-state index < -0.39 is 0 Å². The second kappa shape index (κ2) is 4.06. The van der Waals surface area contributed by atoms with Gasteiger partial charge in [0.2, 0.25) is 0 Å². The highest BCUT2D eigenvalue weighted by Crippen LogP contribution is 2.27. The number of piperazine rings is 1. The second-order valence-electron chi connectivity index (χ2n) is 7.00. The van der Waals surface area contributed by atoms with Crippen molar-refractivity contribution in [1.82, 2.24) is 10.2 Å². The van der Waals surface area contributed by atoms with Crippen LogP contribution in [0.25, 0.3) is 0 Å². The molecule has 0 radical (unpaired) electrons. The van der Waals surface area contributed by atoms with Crippen LogP contribution in [0.1, 0.15) is 48.5 Å². The van der Waals surface area contributed by atoms with Crippen LogP contribution >= 0.6 is 0 Å². The fourth-order valence-corrected chi connectivity index (χ4v) is 2.38. The van der Waals surface area contributed by atoms with Gasteiger partial charge in [0.1, 0.15) is 0 Å². The van der Waals surface area contributed by atoms with E-state index >= 15 is 0 Å². The van der Waals surface area contributed by atoms with Gasteiger partial charge in [0, 0.05) is 30.7 Å². The van der Waals surface area contributed by atoms with Crippen LogP contribution in [0.3, 0.4) is 0 Å². The van der Waals surface area contributed by atoms with Gasteiger partial charge in [0.15, 0.2) is 0 Å². The molecule has 2 atom stereocenters. The number of hydrogen-bond donors (Lipinski definition) is 1. The molecule has 1 heterocycles. The first-order valence-corrected chi connectivity index (χ1v) is 6.12. The molecule has 1 aliphatic rings. The van der Waals surface area contributed by atoms with Crippen molar-refractivity contribution in [2.24, 2.45) is 5.41 Å². The average molecular weight is 212 g/mol. The van der Waals surface area contributed by atoms with Crippen molar-refractivity contribution in [2.45, 2.75) is 66.1 Å². The molecule has 2 unspecified atom stereocenters. The summed E-state index contributed by atoms with van der Waals surface area (Å²) in [5.41, 5.74) is 0.634. The predicted molar refractivity (Wildman–Crippen MR) is 67.2 cm³/mol. The van der Waals surface area contributed by atoms with Crippen molar-refractivity contribution in [1.29, 1.82) is 0 Å². The Morgan fingerprint density at radius 1 is 1.07 bits per heavy atom. The minimum Gasteiger partial charge on any atom is -0.311 e. The molecule has 90 valence electrons. The van der Waals surface area contributed by atoms with Crippen LogP contribution in [0.4, 0.5) is 0 Å². The fourth-order valence-electron chi connectivity index (χ4n) is 2.38. The van der Waals surface area contributed by atoms with Crippen molar-refractivity contribution in [3.8, 4) is 0 Å². The van der Waals surface area contributed by atoms with Crippen LogP contribution in [0.2, 0.25) is 0 Å². The molecule has 0 spiro atoms. The Labute approximate surface area is 95.4 Å². The normalized spacial score (nSPS) is 30.6. The fraction of sp³-hybridized carbons (Fsp3) is 1.00. The van der Waals surface area contributed by atoms with E-state index in [1.807, 2.05) is 0 Å².